The van der Waals surface area contributed by atoms with Crippen LogP contribution in [0.1, 0.15) is 24.8 Å². The summed E-state index contributed by atoms with van der Waals surface area (Å²) in [6.45, 7) is 2.62. The molecule has 1 aliphatic rings. The Morgan fingerprint density at radius 2 is 2.18 bits per heavy atom. The lowest BCUT2D eigenvalue weighted by molar-refractivity contribution is -0.120. The number of nitrogens with one attached hydrogen (secondary N) is 1. The summed E-state index contributed by atoms with van der Waals surface area (Å²) in [5, 5.41) is 3.02. The van der Waals surface area contributed by atoms with E-state index in [1.807, 2.05) is 31.2 Å². The number of carbonyl (C=O) groups excluding carboxylic acids is 1. The van der Waals surface area contributed by atoms with Crippen LogP contribution in [0.3, 0.4) is 0 Å². The molecule has 1 fully saturated rings. The Bertz CT molecular complexity index is 403. The molecule has 0 radical (unpaired) electrons. The molecule has 0 heterocycles. The molecule has 0 spiro atoms. The average Bonchev–Trinajstić information content (AvgIpc) is 2.80. The molecule has 0 saturated heterocycles. The molecular formula is C14H20N2O. The number of benzene rings is 1. The molecule has 3 N–H and O–H groups in total. The maximum absolute atomic E-state index is 12.2. The molecule has 3 heteroatoms. The smallest absolute Gasteiger partial charge is 0.227 e. The second-order valence-corrected chi connectivity index (χ2v) is 4.84. The van der Waals surface area contributed by atoms with Gasteiger partial charge in [0.15, 0.2) is 0 Å². The first-order valence-corrected chi connectivity index (χ1v) is 6.29. The van der Waals surface area contributed by atoms with E-state index in [4.69, 9.17) is 5.73 Å². The van der Waals surface area contributed by atoms with Gasteiger partial charge < -0.3 is 11.1 Å². The van der Waals surface area contributed by atoms with Crippen LogP contribution < -0.4 is 11.1 Å². The lowest BCUT2D eigenvalue weighted by atomic mass is 9.95. The fourth-order valence-corrected chi connectivity index (χ4v) is 2.60. The van der Waals surface area contributed by atoms with Crippen LogP contribution in [0, 0.1) is 18.8 Å². The van der Waals surface area contributed by atoms with Gasteiger partial charge in [-0.3, -0.25) is 4.79 Å². The number of anilines is 1. The van der Waals surface area contributed by atoms with E-state index in [0.717, 1.165) is 30.5 Å². The molecule has 2 rings (SSSR count). The maximum atomic E-state index is 12.2. The van der Waals surface area contributed by atoms with E-state index < -0.39 is 0 Å². The highest BCUT2D eigenvalue weighted by atomic mass is 16.1. The van der Waals surface area contributed by atoms with Crippen LogP contribution in [0.4, 0.5) is 5.69 Å². The van der Waals surface area contributed by atoms with Crippen molar-refractivity contribution in [2.75, 3.05) is 11.9 Å². The number of nitrogens with two attached hydrogens (primary N) is 1. The Hall–Kier alpha value is -1.35. The topological polar surface area (TPSA) is 55.1 Å². The van der Waals surface area contributed by atoms with Gasteiger partial charge in [0.1, 0.15) is 0 Å². The van der Waals surface area contributed by atoms with Gasteiger partial charge >= 0.3 is 0 Å². The van der Waals surface area contributed by atoms with Crippen LogP contribution in [0.15, 0.2) is 24.3 Å². The zero-order valence-electron chi connectivity index (χ0n) is 10.3. The van der Waals surface area contributed by atoms with Gasteiger partial charge in [-0.15, -0.1) is 0 Å². The molecule has 1 aromatic rings. The predicted octanol–water partition coefficient (Wildman–Crippen LogP) is 2.31. The van der Waals surface area contributed by atoms with Gasteiger partial charge in [0.25, 0.3) is 0 Å². The summed E-state index contributed by atoms with van der Waals surface area (Å²) >= 11 is 0. The Morgan fingerprint density at radius 1 is 1.41 bits per heavy atom. The van der Waals surface area contributed by atoms with E-state index in [1.54, 1.807) is 0 Å². The third-order valence-electron chi connectivity index (χ3n) is 3.70. The molecular weight excluding hydrogens is 212 g/mol. The quantitative estimate of drug-likeness (QED) is 0.840. The van der Waals surface area contributed by atoms with Crippen LogP contribution in [-0.4, -0.2) is 12.5 Å². The van der Waals surface area contributed by atoms with Gasteiger partial charge in [0.2, 0.25) is 5.91 Å². The van der Waals surface area contributed by atoms with Crippen molar-refractivity contribution in [1.82, 2.24) is 0 Å². The van der Waals surface area contributed by atoms with Crippen molar-refractivity contribution < 1.29 is 4.79 Å². The van der Waals surface area contributed by atoms with Gasteiger partial charge in [0, 0.05) is 11.6 Å². The zero-order valence-corrected chi connectivity index (χ0v) is 10.3. The Labute approximate surface area is 102 Å². The van der Waals surface area contributed by atoms with Crippen molar-refractivity contribution in [3.63, 3.8) is 0 Å². The molecule has 2 atom stereocenters. The molecule has 92 valence electrons. The molecule has 0 bridgehead atoms. The van der Waals surface area contributed by atoms with Crippen molar-refractivity contribution in [1.29, 1.82) is 0 Å². The zero-order chi connectivity index (χ0) is 12.3. The fraction of sp³-hybridized carbons (Fsp3) is 0.500. The Balaban J connectivity index is 2.04. The molecule has 0 aliphatic heterocycles. The number of amides is 1. The summed E-state index contributed by atoms with van der Waals surface area (Å²) in [7, 11) is 0. The average molecular weight is 232 g/mol. The normalized spacial score (nSPS) is 23.6. The SMILES string of the molecule is Cc1ccccc1NC(=O)C1CCCC1CN. The van der Waals surface area contributed by atoms with Gasteiger partial charge in [-0.1, -0.05) is 24.6 Å². The number of hydrogen-bond acceptors (Lipinski definition) is 2. The molecule has 3 nitrogen and oxygen atoms in total. The lowest BCUT2D eigenvalue weighted by Gasteiger charge is -2.18. The largest absolute Gasteiger partial charge is 0.330 e. The van der Waals surface area contributed by atoms with Crippen LogP contribution in [0.2, 0.25) is 0 Å². The molecule has 2 unspecified atom stereocenters. The van der Waals surface area contributed by atoms with E-state index in [1.165, 1.54) is 0 Å². The highest BCUT2D eigenvalue weighted by molar-refractivity contribution is 5.93. The highest BCUT2D eigenvalue weighted by Gasteiger charge is 2.31. The van der Waals surface area contributed by atoms with Gasteiger partial charge in [-0.05, 0) is 43.9 Å². The predicted molar refractivity (Wildman–Crippen MR) is 69.7 cm³/mol. The third kappa shape index (κ3) is 2.67. The molecule has 1 amide bonds. The lowest BCUT2D eigenvalue weighted by Crippen LogP contribution is -2.29. The molecule has 1 aliphatic carbocycles. The summed E-state index contributed by atoms with van der Waals surface area (Å²) in [5.74, 6) is 0.589. The van der Waals surface area contributed by atoms with Gasteiger partial charge in [0.05, 0.1) is 0 Å². The summed E-state index contributed by atoms with van der Waals surface area (Å²) in [4.78, 5) is 12.2. The van der Waals surface area contributed by atoms with Crippen molar-refractivity contribution in [3.8, 4) is 0 Å². The Kier molecular flexibility index (Phi) is 3.79. The van der Waals surface area contributed by atoms with Crippen LogP contribution >= 0.6 is 0 Å². The third-order valence-corrected chi connectivity index (χ3v) is 3.70. The van der Waals surface area contributed by atoms with E-state index in [-0.39, 0.29) is 11.8 Å². The summed E-state index contributed by atoms with van der Waals surface area (Å²) in [6.07, 6.45) is 3.18. The van der Waals surface area contributed by atoms with Crippen molar-refractivity contribution >= 4 is 11.6 Å². The van der Waals surface area contributed by atoms with Crippen LogP contribution in [0.25, 0.3) is 0 Å². The summed E-state index contributed by atoms with van der Waals surface area (Å²) in [5.41, 5.74) is 7.72. The molecule has 17 heavy (non-hydrogen) atoms. The molecule has 0 aromatic heterocycles. The van der Waals surface area contributed by atoms with Crippen LogP contribution in [-0.2, 0) is 4.79 Å². The van der Waals surface area contributed by atoms with Crippen LogP contribution in [0.5, 0.6) is 0 Å². The second kappa shape index (κ2) is 5.32. The monoisotopic (exact) mass is 232 g/mol. The van der Waals surface area contributed by atoms with Gasteiger partial charge in [-0.25, -0.2) is 0 Å². The van der Waals surface area contributed by atoms with Crippen molar-refractivity contribution in [3.05, 3.63) is 29.8 Å². The van der Waals surface area contributed by atoms with E-state index in [9.17, 15) is 4.79 Å². The highest BCUT2D eigenvalue weighted by Crippen LogP contribution is 2.32. The number of hydrogen-bond donors (Lipinski definition) is 2. The van der Waals surface area contributed by atoms with E-state index >= 15 is 0 Å². The summed E-state index contributed by atoms with van der Waals surface area (Å²) in [6, 6.07) is 7.87. The first kappa shape index (κ1) is 12.1. The minimum Gasteiger partial charge on any atom is -0.330 e. The Morgan fingerprint density at radius 3 is 2.88 bits per heavy atom. The second-order valence-electron chi connectivity index (χ2n) is 4.84. The number of aryl methyl sites for hydroxylation is 1. The first-order valence-electron chi connectivity index (χ1n) is 6.29. The van der Waals surface area contributed by atoms with E-state index in [2.05, 4.69) is 5.32 Å². The standard InChI is InChI=1S/C14H20N2O/c1-10-5-2-3-8-13(10)16-14(17)12-7-4-6-11(12)9-15/h2-3,5,8,11-12H,4,6-7,9,15H2,1H3,(H,16,17). The fourth-order valence-electron chi connectivity index (χ4n) is 2.60. The number of rotatable bonds is 3. The van der Waals surface area contributed by atoms with E-state index in [0.29, 0.717) is 12.5 Å². The molecule has 1 aromatic carbocycles. The minimum atomic E-state index is 0.0969. The maximum Gasteiger partial charge on any atom is 0.227 e. The number of para-hydroxylation sites is 1. The minimum absolute atomic E-state index is 0.0969. The summed E-state index contributed by atoms with van der Waals surface area (Å²) < 4.78 is 0. The molecule has 1 saturated carbocycles. The van der Waals surface area contributed by atoms with Crippen molar-refractivity contribution in [2.45, 2.75) is 26.2 Å². The van der Waals surface area contributed by atoms with Gasteiger partial charge in [-0.2, -0.15) is 0 Å². The first-order chi connectivity index (χ1) is 8.22. The van der Waals surface area contributed by atoms with Crippen molar-refractivity contribution in [2.24, 2.45) is 17.6 Å². The number of carbonyl (C=O) groups is 1.